The zero-order valence-electron chi connectivity index (χ0n) is 15.6. The molecule has 0 aliphatic rings. The minimum absolute atomic E-state index is 0.201. The molecule has 0 aliphatic carbocycles. The van der Waals surface area contributed by atoms with Crippen LogP contribution < -0.4 is 15.4 Å². The minimum Gasteiger partial charge on any atom is -0.481 e. The Morgan fingerprint density at radius 2 is 1.62 bits per heavy atom. The second-order valence-corrected chi connectivity index (χ2v) is 7.58. The highest BCUT2D eigenvalue weighted by molar-refractivity contribution is 6.37. The van der Waals surface area contributed by atoms with Crippen molar-refractivity contribution in [1.82, 2.24) is 0 Å². The smallest absolute Gasteiger partial charge is 0.262 e. The summed E-state index contributed by atoms with van der Waals surface area (Å²) in [7, 11) is 0. The molecule has 3 aromatic rings. The molecule has 0 heterocycles. The molecular weight excluding hydrogens is 431 g/mol. The number of carbonyl (C=O) groups excluding carboxylic acids is 1. The number of nitrogens with one attached hydrogen (secondary N) is 2. The Kier molecular flexibility index (Phi) is 7.26. The highest BCUT2D eigenvalue weighted by atomic mass is 35.5. The Morgan fingerprint density at radius 1 is 0.931 bits per heavy atom. The van der Waals surface area contributed by atoms with Crippen molar-refractivity contribution >= 4 is 52.1 Å². The number of halogens is 3. The zero-order chi connectivity index (χ0) is 20.8. The summed E-state index contributed by atoms with van der Waals surface area (Å²) in [6.45, 7) is 2.26. The molecule has 0 spiro atoms. The molecule has 0 aliphatic heterocycles. The Balaban J connectivity index is 1.61. The first-order chi connectivity index (χ1) is 13.9. The van der Waals surface area contributed by atoms with Gasteiger partial charge in [-0.05, 0) is 54.4 Å². The lowest BCUT2D eigenvalue weighted by atomic mass is 10.1. The van der Waals surface area contributed by atoms with Crippen molar-refractivity contribution in [1.29, 1.82) is 0 Å². The molecule has 150 valence electrons. The van der Waals surface area contributed by atoms with Crippen molar-refractivity contribution in [3.63, 3.8) is 0 Å². The Morgan fingerprint density at radius 3 is 2.31 bits per heavy atom. The van der Waals surface area contributed by atoms with Gasteiger partial charge in [0.25, 0.3) is 5.91 Å². The summed E-state index contributed by atoms with van der Waals surface area (Å²) in [5.74, 6) is -0.0234. The third kappa shape index (κ3) is 5.80. The van der Waals surface area contributed by atoms with Gasteiger partial charge in [0.1, 0.15) is 0 Å². The van der Waals surface area contributed by atoms with Gasteiger partial charge in [0, 0.05) is 22.9 Å². The predicted molar refractivity (Wildman–Crippen MR) is 121 cm³/mol. The van der Waals surface area contributed by atoms with Crippen molar-refractivity contribution in [3.8, 4) is 5.75 Å². The van der Waals surface area contributed by atoms with E-state index in [1.165, 1.54) is 0 Å². The van der Waals surface area contributed by atoms with Crippen LogP contribution in [0.4, 0.5) is 11.4 Å². The van der Waals surface area contributed by atoms with E-state index in [0.717, 1.165) is 16.8 Å². The van der Waals surface area contributed by atoms with Crippen molar-refractivity contribution in [2.75, 3.05) is 17.2 Å². The van der Waals surface area contributed by atoms with E-state index in [2.05, 4.69) is 10.6 Å². The molecule has 7 heteroatoms. The molecule has 0 saturated carbocycles. The molecule has 4 nitrogen and oxygen atoms in total. The van der Waals surface area contributed by atoms with Crippen LogP contribution in [0.15, 0.2) is 60.7 Å². The van der Waals surface area contributed by atoms with Crippen LogP contribution in [0.1, 0.15) is 11.1 Å². The van der Waals surface area contributed by atoms with Crippen LogP contribution in [-0.4, -0.2) is 12.5 Å². The maximum absolute atomic E-state index is 12.1. The van der Waals surface area contributed by atoms with Crippen LogP contribution in [0.2, 0.25) is 15.1 Å². The van der Waals surface area contributed by atoms with Gasteiger partial charge in [-0.1, -0.05) is 59.1 Å². The first-order valence-corrected chi connectivity index (χ1v) is 10.0. The molecular formula is C22H19Cl3N2O2. The molecule has 0 aromatic heterocycles. The second kappa shape index (κ2) is 9.88. The molecule has 1 amide bonds. The predicted octanol–water partition coefficient (Wildman–Crippen LogP) is 6.58. The molecule has 3 aromatic carbocycles. The second-order valence-electron chi connectivity index (χ2n) is 6.36. The maximum Gasteiger partial charge on any atom is 0.262 e. The topological polar surface area (TPSA) is 50.4 Å². The fourth-order valence-electron chi connectivity index (χ4n) is 2.70. The van der Waals surface area contributed by atoms with Crippen molar-refractivity contribution < 1.29 is 9.53 Å². The lowest BCUT2D eigenvalue weighted by Gasteiger charge is -2.14. The van der Waals surface area contributed by atoms with Gasteiger partial charge >= 0.3 is 0 Å². The monoisotopic (exact) mass is 448 g/mol. The first kappa shape index (κ1) is 21.3. The van der Waals surface area contributed by atoms with Crippen molar-refractivity contribution in [2.45, 2.75) is 13.5 Å². The van der Waals surface area contributed by atoms with Crippen molar-refractivity contribution in [2.24, 2.45) is 0 Å². The Hall–Kier alpha value is -2.40. The van der Waals surface area contributed by atoms with E-state index in [4.69, 9.17) is 39.5 Å². The van der Waals surface area contributed by atoms with Gasteiger partial charge in [0.05, 0.1) is 10.0 Å². The van der Waals surface area contributed by atoms with Crippen LogP contribution in [0, 0.1) is 6.92 Å². The summed E-state index contributed by atoms with van der Waals surface area (Å²) in [5.41, 5.74) is 3.47. The number of para-hydroxylation sites is 1. The summed E-state index contributed by atoms with van der Waals surface area (Å²) >= 11 is 18.8. The van der Waals surface area contributed by atoms with Crippen LogP contribution in [0.3, 0.4) is 0 Å². The van der Waals surface area contributed by atoms with Gasteiger partial charge in [0.15, 0.2) is 12.4 Å². The number of amides is 1. The summed E-state index contributed by atoms with van der Waals surface area (Å²) in [4.78, 5) is 12.1. The largest absolute Gasteiger partial charge is 0.481 e. The summed E-state index contributed by atoms with van der Waals surface area (Å²) in [6, 6.07) is 18.3. The number of benzene rings is 3. The highest BCUT2D eigenvalue weighted by Crippen LogP contribution is 2.34. The van der Waals surface area contributed by atoms with Gasteiger partial charge < -0.3 is 15.4 Å². The van der Waals surface area contributed by atoms with Gasteiger partial charge in [-0.2, -0.15) is 0 Å². The fourth-order valence-corrected chi connectivity index (χ4v) is 3.52. The molecule has 3 rings (SSSR count). The number of ether oxygens (including phenoxy) is 1. The van der Waals surface area contributed by atoms with E-state index >= 15 is 0 Å². The zero-order valence-corrected chi connectivity index (χ0v) is 17.9. The standard InChI is InChI=1S/C22H19Cl3N2O2/c1-14-17(23)8-5-9-20(14)26-12-15-10-18(24)22(19(25)11-15)29-13-21(28)27-16-6-3-2-4-7-16/h2-11,26H,12-13H2,1H3,(H,27,28). The molecule has 2 N–H and O–H groups in total. The van der Waals surface area contributed by atoms with Gasteiger partial charge in [-0.15, -0.1) is 0 Å². The summed E-state index contributed by atoms with van der Waals surface area (Å²) in [5, 5.41) is 7.43. The lowest BCUT2D eigenvalue weighted by Crippen LogP contribution is -2.20. The number of hydrogen-bond donors (Lipinski definition) is 2. The first-order valence-electron chi connectivity index (χ1n) is 8.88. The average Bonchev–Trinajstić information content (AvgIpc) is 2.69. The number of hydrogen-bond acceptors (Lipinski definition) is 3. The van der Waals surface area contributed by atoms with Gasteiger partial charge in [0.2, 0.25) is 0 Å². The molecule has 0 radical (unpaired) electrons. The molecule has 0 atom stereocenters. The molecule has 0 fully saturated rings. The Labute approximate surface area is 184 Å². The van der Waals surface area contributed by atoms with Crippen molar-refractivity contribution in [3.05, 3.63) is 86.9 Å². The van der Waals surface area contributed by atoms with E-state index in [1.54, 1.807) is 24.3 Å². The fraction of sp³-hybridized carbons (Fsp3) is 0.136. The average molecular weight is 450 g/mol. The summed E-state index contributed by atoms with van der Waals surface area (Å²) in [6.07, 6.45) is 0. The molecule has 29 heavy (non-hydrogen) atoms. The summed E-state index contributed by atoms with van der Waals surface area (Å²) < 4.78 is 5.54. The quantitative estimate of drug-likeness (QED) is 0.428. The minimum atomic E-state index is -0.300. The number of rotatable bonds is 7. The van der Waals surface area contributed by atoms with Crippen LogP contribution in [0.25, 0.3) is 0 Å². The number of carbonyl (C=O) groups is 1. The third-order valence-corrected chi connectivity index (χ3v) is 5.18. The van der Waals surface area contributed by atoms with E-state index < -0.39 is 0 Å². The number of anilines is 2. The SMILES string of the molecule is Cc1c(Cl)cccc1NCc1cc(Cl)c(OCC(=O)Nc2ccccc2)c(Cl)c1. The highest BCUT2D eigenvalue weighted by Gasteiger charge is 2.12. The molecule has 0 saturated heterocycles. The normalized spacial score (nSPS) is 10.5. The van der Waals surface area contributed by atoms with Crippen LogP contribution in [-0.2, 0) is 11.3 Å². The van der Waals surface area contributed by atoms with E-state index in [1.807, 2.05) is 43.3 Å². The van der Waals surface area contributed by atoms with E-state index in [9.17, 15) is 4.79 Å². The Bertz CT molecular complexity index is 987. The molecule has 0 unspecified atom stereocenters. The lowest BCUT2D eigenvalue weighted by molar-refractivity contribution is -0.118. The third-order valence-electron chi connectivity index (χ3n) is 4.21. The van der Waals surface area contributed by atoms with Crippen LogP contribution >= 0.6 is 34.8 Å². The molecule has 0 bridgehead atoms. The maximum atomic E-state index is 12.1. The van der Waals surface area contributed by atoms with Crippen LogP contribution in [0.5, 0.6) is 5.75 Å². The van der Waals surface area contributed by atoms with Gasteiger partial charge in [-0.25, -0.2) is 0 Å². The van der Waals surface area contributed by atoms with E-state index in [0.29, 0.717) is 27.3 Å². The van der Waals surface area contributed by atoms with E-state index in [-0.39, 0.29) is 18.3 Å². The van der Waals surface area contributed by atoms with Gasteiger partial charge in [-0.3, -0.25) is 4.79 Å².